The molecule has 4 nitrogen and oxygen atoms in total. The first-order valence-corrected chi connectivity index (χ1v) is 9.16. The second-order valence-corrected chi connectivity index (χ2v) is 7.15. The molecule has 0 saturated carbocycles. The van der Waals surface area contributed by atoms with Gasteiger partial charge in [-0.05, 0) is 44.2 Å². The number of benzene rings is 2. The van der Waals surface area contributed by atoms with E-state index in [1.807, 2.05) is 36.4 Å². The normalized spacial score (nSPS) is 16.1. The van der Waals surface area contributed by atoms with Gasteiger partial charge < -0.3 is 14.1 Å². The summed E-state index contributed by atoms with van der Waals surface area (Å²) in [7, 11) is 2.12. The van der Waals surface area contributed by atoms with Gasteiger partial charge in [0.25, 0.3) is 0 Å². The van der Waals surface area contributed by atoms with Crippen molar-refractivity contribution in [2.24, 2.45) is 0 Å². The van der Waals surface area contributed by atoms with Gasteiger partial charge in [0, 0.05) is 35.1 Å². The number of halogens is 1. The van der Waals surface area contributed by atoms with Crippen LogP contribution in [0.15, 0.2) is 57.7 Å². The van der Waals surface area contributed by atoms with Crippen LogP contribution in [0.5, 0.6) is 5.75 Å². The van der Waals surface area contributed by atoms with Crippen LogP contribution in [0.4, 0.5) is 0 Å². The van der Waals surface area contributed by atoms with Crippen LogP contribution in [0.3, 0.4) is 0 Å². The van der Waals surface area contributed by atoms with Gasteiger partial charge in [0.05, 0.1) is 5.56 Å². The monoisotopic (exact) mass is 369 g/mol. The summed E-state index contributed by atoms with van der Waals surface area (Å²) in [6.07, 6.45) is 2.21. The molecule has 2 heterocycles. The Bertz CT molecular complexity index is 990. The van der Waals surface area contributed by atoms with Gasteiger partial charge in [-0.25, -0.2) is 4.79 Å². The number of fused-ring (bicyclic) bond motifs is 1. The maximum Gasteiger partial charge on any atom is 0.344 e. The third kappa shape index (κ3) is 3.48. The van der Waals surface area contributed by atoms with Gasteiger partial charge in [-0.1, -0.05) is 29.8 Å². The average molecular weight is 370 g/mol. The molecule has 4 rings (SSSR count). The maximum atomic E-state index is 12.5. The van der Waals surface area contributed by atoms with Crippen molar-refractivity contribution in [3.8, 4) is 16.9 Å². The molecule has 134 valence electrons. The lowest BCUT2D eigenvalue weighted by Crippen LogP contribution is -2.35. The zero-order valence-corrected chi connectivity index (χ0v) is 15.3. The summed E-state index contributed by atoms with van der Waals surface area (Å²) in [6, 6.07) is 14.7. The lowest BCUT2D eigenvalue weighted by Gasteiger charge is -2.29. The SMILES string of the molecule is CN1CCC(Oc2ccc3cc(-c4ccccc4Cl)c(=O)oc3c2)CC1. The Kier molecular flexibility index (Phi) is 4.70. The van der Waals surface area contributed by atoms with Gasteiger partial charge in [-0.15, -0.1) is 0 Å². The molecule has 0 atom stereocenters. The molecule has 1 saturated heterocycles. The van der Waals surface area contributed by atoms with E-state index in [0.717, 1.165) is 37.1 Å². The largest absolute Gasteiger partial charge is 0.490 e. The van der Waals surface area contributed by atoms with Crippen LogP contribution in [-0.2, 0) is 0 Å². The first-order chi connectivity index (χ1) is 12.6. The Morgan fingerprint density at radius 1 is 1.08 bits per heavy atom. The first-order valence-electron chi connectivity index (χ1n) is 8.78. The first kappa shape index (κ1) is 17.1. The Balaban J connectivity index is 1.65. The number of likely N-dealkylation sites (tertiary alicyclic amines) is 1. The number of piperidine rings is 1. The van der Waals surface area contributed by atoms with Gasteiger partial charge in [0.1, 0.15) is 17.4 Å². The summed E-state index contributed by atoms with van der Waals surface area (Å²) in [6.45, 7) is 2.07. The standard InChI is InChI=1S/C21H20ClNO3/c1-23-10-8-15(9-11-23)25-16-7-6-14-12-18(21(24)26-20(14)13-16)17-4-2-3-5-19(17)22/h2-7,12-13,15H,8-11H2,1H3. The van der Waals surface area contributed by atoms with Crippen LogP contribution in [0.25, 0.3) is 22.1 Å². The van der Waals surface area contributed by atoms with Crippen molar-refractivity contribution in [3.05, 3.63) is 64.0 Å². The minimum absolute atomic E-state index is 0.206. The van der Waals surface area contributed by atoms with Gasteiger partial charge in [0.15, 0.2) is 0 Å². The fourth-order valence-electron chi connectivity index (χ4n) is 3.33. The highest BCUT2D eigenvalue weighted by Gasteiger charge is 2.18. The lowest BCUT2D eigenvalue weighted by atomic mass is 10.1. The summed E-state index contributed by atoms with van der Waals surface area (Å²) in [4.78, 5) is 14.8. The topological polar surface area (TPSA) is 42.7 Å². The predicted molar refractivity (Wildman–Crippen MR) is 104 cm³/mol. The van der Waals surface area contributed by atoms with E-state index in [9.17, 15) is 4.79 Å². The van der Waals surface area contributed by atoms with Gasteiger partial charge in [0.2, 0.25) is 0 Å². The molecule has 1 aliphatic heterocycles. The van der Waals surface area contributed by atoms with E-state index >= 15 is 0 Å². The summed E-state index contributed by atoms with van der Waals surface area (Å²) < 4.78 is 11.6. The molecule has 0 spiro atoms. The predicted octanol–water partition coefficient (Wildman–Crippen LogP) is 4.59. The number of ether oxygens (including phenoxy) is 1. The van der Waals surface area contributed by atoms with Crippen LogP contribution >= 0.6 is 11.6 Å². The van der Waals surface area contributed by atoms with Gasteiger partial charge in [-0.2, -0.15) is 0 Å². The fourth-order valence-corrected chi connectivity index (χ4v) is 3.56. The van der Waals surface area contributed by atoms with Crippen LogP contribution in [0, 0.1) is 0 Å². The smallest absolute Gasteiger partial charge is 0.344 e. The van der Waals surface area contributed by atoms with Crippen molar-refractivity contribution < 1.29 is 9.15 Å². The highest BCUT2D eigenvalue weighted by atomic mass is 35.5. The second-order valence-electron chi connectivity index (χ2n) is 6.75. The van der Waals surface area contributed by atoms with Crippen LogP contribution in [-0.4, -0.2) is 31.1 Å². The van der Waals surface area contributed by atoms with E-state index < -0.39 is 5.63 Å². The minimum atomic E-state index is -0.401. The molecule has 1 aliphatic rings. The highest BCUT2D eigenvalue weighted by molar-refractivity contribution is 6.33. The number of nitrogens with zero attached hydrogens (tertiary/aromatic N) is 1. The Hall–Kier alpha value is -2.30. The van der Waals surface area contributed by atoms with Gasteiger partial charge >= 0.3 is 5.63 Å². The fraction of sp³-hybridized carbons (Fsp3) is 0.286. The molecule has 0 radical (unpaired) electrons. The third-order valence-electron chi connectivity index (χ3n) is 4.84. The molecule has 0 bridgehead atoms. The molecule has 1 fully saturated rings. The van der Waals surface area contributed by atoms with E-state index in [4.69, 9.17) is 20.8 Å². The molecular formula is C21H20ClNO3. The van der Waals surface area contributed by atoms with Crippen molar-refractivity contribution in [2.75, 3.05) is 20.1 Å². The van der Waals surface area contributed by atoms with Crippen molar-refractivity contribution >= 4 is 22.6 Å². The Morgan fingerprint density at radius 2 is 1.85 bits per heavy atom. The van der Waals surface area contributed by atoms with Crippen molar-refractivity contribution in [3.63, 3.8) is 0 Å². The van der Waals surface area contributed by atoms with Gasteiger partial charge in [-0.3, -0.25) is 0 Å². The number of rotatable bonds is 3. The van der Waals surface area contributed by atoms with E-state index in [2.05, 4.69) is 11.9 Å². The minimum Gasteiger partial charge on any atom is -0.490 e. The summed E-state index contributed by atoms with van der Waals surface area (Å²) in [5, 5.41) is 1.37. The molecule has 0 aliphatic carbocycles. The van der Waals surface area contributed by atoms with E-state index in [1.165, 1.54) is 0 Å². The molecule has 26 heavy (non-hydrogen) atoms. The molecule has 0 N–H and O–H groups in total. The zero-order valence-electron chi connectivity index (χ0n) is 14.6. The molecule has 2 aromatic carbocycles. The lowest BCUT2D eigenvalue weighted by molar-refractivity contribution is 0.114. The molecule has 5 heteroatoms. The van der Waals surface area contributed by atoms with E-state index in [0.29, 0.717) is 21.7 Å². The maximum absolute atomic E-state index is 12.5. The second kappa shape index (κ2) is 7.14. The molecule has 0 unspecified atom stereocenters. The third-order valence-corrected chi connectivity index (χ3v) is 5.17. The molecule has 1 aromatic heterocycles. The van der Waals surface area contributed by atoms with Crippen LogP contribution < -0.4 is 10.4 Å². The summed E-state index contributed by atoms with van der Waals surface area (Å²) >= 11 is 6.22. The quantitative estimate of drug-likeness (QED) is 0.633. The Labute approximate surface area is 156 Å². The van der Waals surface area contributed by atoms with E-state index in [1.54, 1.807) is 12.1 Å². The van der Waals surface area contributed by atoms with E-state index in [-0.39, 0.29) is 6.10 Å². The number of hydrogen-bond acceptors (Lipinski definition) is 4. The van der Waals surface area contributed by atoms with Crippen LogP contribution in [0.1, 0.15) is 12.8 Å². The van der Waals surface area contributed by atoms with Crippen molar-refractivity contribution in [2.45, 2.75) is 18.9 Å². The molecular weight excluding hydrogens is 350 g/mol. The number of hydrogen-bond donors (Lipinski definition) is 0. The Morgan fingerprint density at radius 3 is 2.62 bits per heavy atom. The summed E-state index contributed by atoms with van der Waals surface area (Å²) in [5.74, 6) is 0.737. The van der Waals surface area contributed by atoms with Crippen LogP contribution in [0.2, 0.25) is 5.02 Å². The summed E-state index contributed by atoms with van der Waals surface area (Å²) in [5.41, 5.74) is 1.27. The molecule has 3 aromatic rings. The zero-order chi connectivity index (χ0) is 18.1. The highest BCUT2D eigenvalue weighted by Crippen LogP contribution is 2.29. The average Bonchev–Trinajstić information content (AvgIpc) is 2.64. The molecule has 0 amide bonds. The van der Waals surface area contributed by atoms with Crippen molar-refractivity contribution in [1.82, 2.24) is 4.90 Å². The van der Waals surface area contributed by atoms with Crippen molar-refractivity contribution in [1.29, 1.82) is 0 Å².